The molecule has 2 aromatic carbocycles. The molecule has 0 saturated heterocycles. The van der Waals surface area contributed by atoms with Crippen LogP contribution in [0.4, 0.5) is 0 Å². The van der Waals surface area contributed by atoms with Crippen molar-refractivity contribution in [1.29, 1.82) is 0 Å². The standard InChI is InChI=1S/C18H19NO2/c1-18(2,3)21-17(20)12-9-10-16-14(11-12)13-7-5-6-8-15(13)19(16)4/h5-11H,1-4H3. The molecule has 0 aliphatic heterocycles. The van der Waals surface area contributed by atoms with Crippen LogP contribution in [0.5, 0.6) is 0 Å². The highest BCUT2D eigenvalue weighted by atomic mass is 16.6. The van der Waals surface area contributed by atoms with Gasteiger partial charge >= 0.3 is 5.97 Å². The molecule has 0 aliphatic carbocycles. The van der Waals surface area contributed by atoms with Crippen molar-refractivity contribution in [2.24, 2.45) is 7.05 Å². The van der Waals surface area contributed by atoms with Crippen molar-refractivity contribution in [3.63, 3.8) is 0 Å². The molecule has 3 aromatic rings. The first-order valence-corrected chi connectivity index (χ1v) is 7.07. The van der Waals surface area contributed by atoms with Crippen LogP contribution in [0.15, 0.2) is 42.5 Å². The summed E-state index contributed by atoms with van der Waals surface area (Å²) >= 11 is 0. The Kier molecular flexibility index (Phi) is 3.01. The average molecular weight is 281 g/mol. The Morgan fingerprint density at radius 3 is 2.38 bits per heavy atom. The third kappa shape index (κ3) is 2.40. The maximum Gasteiger partial charge on any atom is 0.338 e. The molecule has 108 valence electrons. The summed E-state index contributed by atoms with van der Waals surface area (Å²) in [5.41, 5.74) is 2.39. The normalized spacial score (nSPS) is 12.0. The third-order valence-corrected chi connectivity index (χ3v) is 3.55. The van der Waals surface area contributed by atoms with Crippen LogP contribution < -0.4 is 0 Å². The van der Waals surface area contributed by atoms with Gasteiger partial charge in [-0.3, -0.25) is 0 Å². The summed E-state index contributed by atoms with van der Waals surface area (Å²) < 4.78 is 7.59. The molecule has 0 unspecified atom stereocenters. The van der Waals surface area contributed by atoms with Gasteiger partial charge in [-0.15, -0.1) is 0 Å². The predicted molar refractivity (Wildman–Crippen MR) is 85.6 cm³/mol. The maximum atomic E-state index is 12.2. The lowest BCUT2D eigenvalue weighted by atomic mass is 10.1. The van der Waals surface area contributed by atoms with Crippen molar-refractivity contribution in [1.82, 2.24) is 4.57 Å². The highest BCUT2D eigenvalue weighted by Crippen LogP contribution is 2.29. The molecule has 0 saturated carbocycles. The monoisotopic (exact) mass is 281 g/mol. The number of benzene rings is 2. The fraction of sp³-hybridized carbons (Fsp3) is 0.278. The Labute approximate surface area is 124 Å². The van der Waals surface area contributed by atoms with Gasteiger partial charge in [0.1, 0.15) is 5.60 Å². The van der Waals surface area contributed by atoms with Gasteiger partial charge in [0.25, 0.3) is 0 Å². The molecule has 0 bridgehead atoms. The Balaban J connectivity index is 2.16. The summed E-state index contributed by atoms with van der Waals surface area (Å²) in [6.07, 6.45) is 0. The molecule has 0 atom stereocenters. The van der Waals surface area contributed by atoms with Gasteiger partial charge in [0.15, 0.2) is 0 Å². The molecule has 0 fully saturated rings. The average Bonchev–Trinajstić information content (AvgIpc) is 2.71. The van der Waals surface area contributed by atoms with E-state index in [0.717, 1.165) is 21.8 Å². The van der Waals surface area contributed by atoms with Gasteiger partial charge in [-0.2, -0.15) is 0 Å². The van der Waals surface area contributed by atoms with Gasteiger partial charge in [-0.05, 0) is 45.0 Å². The number of hydrogen-bond acceptors (Lipinski definition) is 2. The van der Waals surface area contributed by atoms with Crippen LogP contribution >= 0.6 is 0 Å². The Morgan fingerprint density at radius 2 is 1.67 bits per heavy atom. The van der Waals surface area contributed by atoms with Crippen LogP contribution in [0, 0.1) is 0 Å². The number of carbonyl (C=O) groups excluding carboxylic acids is 1. The van der Waals surface area contributed by atoms with E-state index in [1.807, 2.05) is 58.2 Å². The molecular weight excluding hydrogens is 262 g/mol. The molecule has 1 heterocycles. The molecule has 3 rings (SSSR count). The minimum absolute atomic E-state index is 0.280. The van der Waals surface area contributed by atoms with Gasteiger partial charge < -0.3 is 9.30 Å². The summed E-state index contributed by atoms with van der Waals surface area (Å²) in [6, 6.07) is 13.9. The molecule has 0 aliphatic rings. The van der Waals surface area contributed by atoms with E-state index in [0.29, 0.717) is 5.56 Å². The number of aromatic nitrogens is 1. The van der Waals surface area contributed by atoms with Crippen molar-refractivity contribution in [2.45, 2.75) is 26.4 Å². The molecule has 3 nitrogen and oxygen atoms in total. The summed E-state index contributed by atoms with van der Waals surface area (Å²) in [4.78, 5) is 12.2. The molecule has 3 heteroatoms. The first-order chi connectivity index (χ1) is 9.87. The van der Waals surface area contributed by atoms with Crippen molar-refractivity contribution in [3.8, 4) is 0 Å². The van der Waals surface area contributed by atoms with Crippen molar-refractivity contribution >= 4 is 27.8 Å². The number of para-hydroxylation sites is 1. The predicted octanol–water partition coefficient (Wildman–Crippen LogP) is 4.29. The van der Waals surface area contributed by atoms with Crippen LogP contribution in [0.25, 0.3) is 21.8 Å². The second kappa shape index (κ2) is 4.62. The SMILES string of the molecule is Cn1c2ccccc2c2cc(C(=O)OC(C)(C)C)ccc21. The van der Waals surface area contributed by atoms with Gasteiger partial charge in [0.2, 0.25) is 0 Å². The molecule has 21 heavy (non-hydrogen) atoms. The quantitative estimate of drug-likeness (QED) is 0.623. The first-order valence-electron chi connectivity index (χ1n) is 7.07. The topological polar surface area (TPSA) is 31.2 Å². The Hall–Kier alpha value is -2.29. The lowest BCUT2D eigenvalue weighted by Gasteiger charge is -2.19. The zero-order chi connectivity index (χ0) is 15.2. The lowest BCUT2D eigenvalue weighted by molar-refractivity contribution is 0.00697. The van der Waals surface area contributed by atoms with Gasteiger partial charge in [-0.1, -0.05) is 18.2 Å². The summed E-state index contributed by atoms with van der Waals surface area (Å²) in [5, 5.41) is 2.23. The van der Waals surface area contributed by atoms with Gasteiger partial charge in [-0.25, -0.2) is 4.79 Å². The Morgan fingerprint density at radius 1 is 1.00 bits per heavy atom. The minimum Gasteiger partial charge on any atom is -0.456 e. The van der Waals surface area contributed by atoms with E-state index in [1.165, 1.54) is 0 Å². The molecule has 1 aromatic heterocycles. The Bertz CT molecular complexity index is 837. The minimum atomic E-state index is -0.481. The smallest absolute Gasteiger partial charge is 0.338 e. The molecule has 0 radical (unpaired) electrons. The third-order valence-electron chi connectivity index (χ3n) is 3.55. The van der Waals surface area contributed by atoms with Crippen molar-refractivity contribution in [2.75, 3.05) is 0 Å². The molecule has 0 N–H and O–H groups in total. The molecular formula is C18H19NO2. The van der Waals surface area contributed by atoms with Crippen LogP contribution in [-0.4, -0.2) is 16.1 Å². The van der Waals surface area contributed by atoms with E-state index < -0.39 is 5.60 Å². The number of rotatable bonds is 1. The summed E-state index contributed by atoms with van der Waals surface area (Å²) in [6.45, 7) is 5.63. The number of nitrogens with zero attached hydrogens (tertiary/aromatic N) is 1. The zero-order valence-corrected chi connectivity index (χ0v) is 12.8. The van der Waals surface area contributed by atoms with Crippen molar-refractivity contribution in [3.05, 3.63) is 48.0 Å². The number of aryl methyl sites for hydroxylation is 1. The van der Waals surface area contributed by atoms with E-state index >= 15 is 0 Å². The highest BCUT2D eigenvalue weighted by molar-refractivity contribution is 6.10. The van der Waals surface area contributed by atoms with Gasteiger partial charge in [0, 0.05) is 28.9 Å². The van der Waals surface area contributed by atoms with E-state index in [1.54, 1.807) is 0 Å². The second-order valence-electron chi connectivity index (χ2n) is 6.31. The fourth-order valence-electron chi connectivity index (χ4n) is 2.63. The number of fused-ring (bicyclic) bond motifs is 3. The first kappa shape index (κ1) is 13.7. The van der Waals surface area contributed by atoms with Crippen LogP contribution in [0.1, 0.15) is 31.1 Å². The van der Waals surface area contributed by atoms with E-state index in [-0.39, 0.29) is 5.97 Å². The second-order valence-corrected chi connectivity index (χ2v) is 6.31. The largest absolute Gasteiger partial charge is 0.456 e. The number of carbonyl (C=O) groups is 1. The van der Waals surface area contributed by atoms with Crippen LogP contribution in [0.3, 0.4) is 0 Å². The van der Waals surface area contributed by atoms with Crippen LogP contribution in [-0.2, 0) is 11.8 Å². The maximum absolute atomic E-state index is 12.2. The molecule has 0 amide bonds. The lowest BCUT2D eigenvalue weighted by Crippen LogP contribution is -2.23. The molecule has 0 spiro atoms. The zero-order valence-electron chi connectivity index (χ0n) is 12.8. The van der Waals surface area contributed by atoms with Crippen molar-refractivity contribution < 1.29 is 9.53 Å². The summed E-state index contributed by atoms with van der Waals surface area (Å²) in [5.74, 6) is -0.280. The van der Waals surface area contributed by atoms with E-state index in [2.05, 4.69) is 16.7 Å². The van der Waals surface area contributed by atoms with E-state index in [9.17, 15) is 4.79 Å². The summed E-state index contributed by atoms with van der Waals surface area (Å²) in [7, 11) is 2.04. The van der Waals surface area contributed by atoms with Crippen LogP contribution in [0.2, 0.25) is 0 Å². The number of ether oxygens (including phenoxy) is 1. The highest BCUT2D eigenvalue weighted by Gasteiger charge is 2.19. The van der Waals surface area contributed by atoms with E-state index in [4.69, 9.17) is 4.74 Å². The van der Waals surface area contributed by atoms with Gasteiger partial charge in [0.05, 0.1) is 5.56 Å². The number of hydrogen-bond donors (Lipinski definition) is 0. The number of esters is 1. The fourth-order valence-corrected chi connectivity index (χ4v) is 2.63.